The van der Waals surface area contributed by atoms with E-state index in [1.54, 1.807) is 0 Å². The first-order valence-corrected chi connectivity index (χ1v) is 6.45. The van der Waals surface area contributed by atoms with Crippen LogP contribution in [0.25, 0.3) is 0 Å². The minimum absolute atomic E-state index is 0. The molecule has 4 nitrogen and oxygen atoms in total. The van der Waals surface area contributed by atoms with Gasteiger partial charge in [0.1, 0.15) is 0 Å². The van der Waals surface area contributed by atoms with Gasteiger partial charge in [0.2, 0.25) is 0 Å². The number of aromatic nitrogens is 2. The summed E-state index contributed by atoms with van der Waals surface area (Å²) in [5, 5.41) is 7.82. The fraction of sp³-hybridized carbons (Fsp3) is 0.769. The molecule has 1 rings (SSSR count). The van der Waals surface area contributed by atoms with Crippen molar-refractivity contribution in [2.45, 2.75) is 33.4 Å². The van der Waals surface area contributed by atoms with Gasteiger partial charge in [0.25, 0.3) is 0 Å². The van der Waals surface area contributed by atoms with Gasteiger partial charge in [-0.15, -0.1) is 24.8 Å². The average Bonchev–Trinajstić information content (AvgIpc) is 2.64. The zero-order valence-corrected chi connectivity index (χ0v) is 14.1. The zero-order valence-electron chi connectivity index (χ0n) is 12.4. The summed E-state index contributed by atoms with van der Waals surface area (Å²) in [4.78, 5) is 2.21. The largest absolute Gasteiger partial charge is 0.311 e. The smallest absolute Gasteiger partial charge is 0.0522 e. The molecular formula is C13H28Cl2N4. The van der Waals surface area contributed by atoms with Crippen molar-refractivity contribution in [2.24, 2.45) is 5.92 Å². The summed E-state index contributed by atoms with van der Waals surface area (Å²) in [6, 6.07) is 2.10. The van der Waals surface area contributed by atoms with E-state index < -0.39 is 0 Å². The van der Waals surface area contributed by atoms with Gasteiger partial charge in [-0.25, -0.2) is 0 Å². The van der Waals surface area contributed by atoms with Crippen LogP contribution in [-0.4, -0.2) is 41.9 Å². The molecule has 0 aliphatic carbocycles. The van der Waals surface area contributed by atoms with Crippen LogP contribution in [0.3, 0.4) is 0 Å². The molecule has 114 valence electrons. The van der Waals surface area contributed by atoms with Gasteiger partial charge in [-0.05, 0) is 45.6 Å². The van der Waals surface area contributed by atoms with Crippen molar-refractivity contribution in [1.82, 2.24) is 20.0 Å². The highest BCUT2D eigenvalue weighted by atomic mass is 35.5. The molecule has 0 unspecified atom stereocenters. The Balaban J connectivity index is 0. The van der Waals surface area contributed by atoms with Crippen LogP contribution < -0.4 is 5.32 Å². The van der Waals surface area contributed by atoms with Crippen molar-refractivity contribution >= 4 is 24.8 Å². The van der Waals surface area contributed by atoms with Crippen molar-refractivity contribution in [1.29, 1.82) is 0 Å². The van der Waals surface area contributed by atoms with E-state index in [9.17, 15) is 0 Å². The maximum absolute atomic E-state index is 4.35. The maximum Gasteiger partial charge on any atom is 0.0522 e. The molecule has 0 radical (unpaired) electrons. The van der Waals surface area contributed by atoms with Crippen LogP contribution in [0, 0.1) is 5.92 Å². The van der Waals surface area contributed by atoms with Crippen molar-refractivity contribution < 1.29 is 0 Å². The third-order valence-electron chi connectivity index (χ3n) is 2.61. The molecular weight excluding hydrogens is 283 g/mol. The highest BCUT2D eigenvalue weighted by molar-refractivity contribution is 5.85. The van der Waals surface area contributed by atoms with Crippen LogP contribution in [0.5, 0.6) is 0 Å². The first-order valence-electron chi connectivity index (χ1n) is 6.45. The van der Waals surface area contributed by atoms with Gasteiger partial charge in [-0.3, -0.25) is 4.68 Å². The number of nitrogens with one attached hydrogen (secondary N) is 1. The number of hydrogen-bond acceptors (Lipinski definition) is 3. The van der Waals surface area contributed by atoms with Gasteiger partial charge in [0, 0.05) is 19.3 Å². The second kappa shape index (κ2) is 11.5. The summed E-state index contributed by atoms with van der Waals surface area (Å²) in [5.41, 5.74) is 1.28. The molecule has 1 aromatic heterocycles. The van der Waals surface area contributed by atoms with Gasteiger partial charge in [-0.1, -0.05) is 13.8 Å². The lowest BCUT2D eigenvalue weighted by Gasteiger charge is -2.12. The molecule has 0 bridgehead atoms. The molecule has 0 amide bonds. The summed E-state index contributed by atoms with van der Waals surface area (Å²) in [7, 11) is 4.22. The van der Waals surface area contributed by atoms with E-state index in [1.165, 1.54) is 12.1 Å². The Morgan fingerprint density at radius 2 is 2.00 bits per heavy atom. The Morgan fingerprint density at radius 1 is 1.32 bits per heavy atom. The van der Waals surface area contributed by atoms with Crippen molar-refractivity contribution in [3.8, 4) is 0 Å². The molecule has 1 N–H and O–H groups in total. The molecule has 0 aliphatic heterocycles. The predicted molar refractivity (Wildman–Crippen MR) is 86.4 cm³/mol. The first-order chi connectivity index (χ1) is 8.09. The molecule has 1 aromatic rings. The second-order valence-electron chi connectivity index (χ2n) is 5.23. The Bertz CT molecular complexity index is 313. The number of nitrogens with zero attached hydrogens (tertiary/aromatic N) is 3. The lowest BCUT2D eigenvalue weighted by atomic mass is 10.2. The third-order valence-corrected chi connectivity index (χ3v) is 2.61. The van der Waals surface area contributed by atoms with Gasteiger partial charge in [-0.2, -0.15) is 5.10 Å². The topological polar surface area (TPSA) is 33.1 Å². The summed E-state index contributed by atoms with van der Waals surface area (Å²) in [6.07, 6.45) is 3.07. The van der Waals surface area contributed by atoms with Crippen LogP contribution in [0.1, 0.15) is 26.0 Å². The number of halogens is 2. The molecule has 19 heavy (non-hydrogen) atoms. The van der Waals surface area contributed by atoms with Gasteiger partial charge in [0.05, 0.1) is 5.69 Å². The molecule has 0 aromatic carbocycles. The average molecular weight is 311 g/mol. The highest BCUT2D eigenvalue weighted by Gasteiger charge is 2.03. The van der Waals surface area contributed by atoms with Crippen LogP contribution in [0.4, 0.5) is 0 Å². The lowest BCUT2D eigenvalue weighted by Crippen LogP contribution is -2.22. The Hall–Kier alpha value is -0.290. The van der Waals surface area contributed by atoms with Crippen LogP contribution in [0.15, 0.2) is 12.3 Å². The first kappa shape index (κ1) is 21.0. The maximum atomic E-state index is 4.35. The predicted octanol–water partition coefficient (Wildman–Crippen LogP) is 2.42. The lowest BCUT2D eigenvalue weighted by molar-refractivity contribution is 0.392. The van der Waals surface area contributed by atoms with Crippen LogP contribution >= 0.6 is 24.8 Å². The van der Waals surface area contributed by atoms with E-state index in [4.69, 9.17) is 0 Å². The zero-order chi connectivity index (χ0) is 12.7. The third kappa shape index (κ3) is 9.27. The van der Waals surface area contributed by atoms with Crippen LogP contribution in [0.2, 0.25) is 0 Å². The van der Waals surface area contributed by atoms with Crippen molar-refractivity contribution in [2.75, 3.05) is 27.2 Å². The quantitative estimate of drug-likeness (QED) is 0.749. The number of rotatable bonds is 8. The van der Waals surface area contributed by atoms with E-state index in [0.717, 1.165) is 26.2 Å². The minimum atomic E-state index is 0. The molecule has 0 spiro atoms. The molecule has 0 saturated carbocycles. The molecule has 0 aliphatic rings. The molecule has 0 saturated heterocycles. The summed E-state index contributed by atoms with van der Waals surface area (Å²) in [5.74, 6) is 0.641. The van der Waals surface area contributed by atoms with Gasteiger partial charge < -0.3 is 10.2 Å². The Morgan fingerprint density at radius 3 is 2.58 bits per heavy atom. The Kier molecular flexibility index (Phi) is 12.8. The number of hydrogen-bond donors (Lipinski definition) is 1. The summed E-state index contributed by atoms with van der Waals surface area (Å²) in [6.45, 7) is 8.55. The summed E-state index contributed by atoms with van der Waals surface area (Å²) >= 11 is 0. The summed E-state index contributed by atoms with van der Waals surface area (Å²) < 4.78 is 2.10. The van der Waals surface area contributed by atoms with Gasteiger partial charge in [0.15, 0.2) is 0 Å². The van der Waals surface area contributed by atoms with E-state index in [2.05, 4.69) is 54.0 Å². The van der Waals surface area contributed by atoms with E-state index in [0.29, 0.717) is 5.92 Å². The SMILES string of the molecule is CC(C)Cn1nccc1CNCCCN(C)C.Cl.Cl. The van der Waals surface area contributed by atoms with Crippen molar-refractivity contribution in [3.63, 3.8) is 0 Å². The minimum Gasteiger partial charge on any atom is -0.311 e. The molecule has 6 heteroatoms. The van der Waals surface area contributed by atoms with Crippen LogP contribution in [-0.2, 0) is 13.1 Å². The monoisotopic (exact) mass is 310 g/mol. The van der Waals surface area contributed by atoms with Crippen molar-refractivity contribution in [3.05, 3.63) is 18.0 Å². The van der Waals surface area contributed by atoms with E-state index in [-0.39, 0.29) is 24.8 Å². The fourth-order valence-corrected chi connectivity index (χ4v) is 1.76. The highest BCUT2D eigenvalue weighted by Crippen LogP contribution is 2.03. The second-order valence-corrected chi connectivity index (χ2v) is 5.23. The Labute approximate surface area is 129 Å². The molecule has 1 heterocycles. The van der Waals surface area contributed by atoms with E-state index in [1.807, 2.05) is 6.20 Å². The standard InChI is InChI=1S/C13H26N4.2ClH/c1-12(2)11-17-13(6-8-15-17)10-14-7-5-9-16(3)4;;/h6,8,12,14H,5,7,9-11H2,1-4H3;2*1H. The van der Waals surface area contributed by atoms with E-state index >= 15 is 0 Å². The van der Waals surface area contributed by atoms with Gasteiger partial charge >= 0.3 is 0 Å². The normalized spacial score (nSPS) is 10.4. The molecule has 0 fully saturated rings. The molecule has 0 atom stereocenters. The fourth-order valence-electron chi connectivity index (χ4n) is 1.76.